The van der Waals surface area contributed by atoms with Gasteiger partial charge in [0.2, 0.25) is 0 Å². The van der Waals surface area contributed by atoms with Crippen molar-refractivity contribution in [3.63, 3.8) is 0 Å². The van der Waals surface area contributed by atoms with E-state index in [2.05, 4.69) is 15.0 Å². The van der Waals surface area contributed by atoms with Crippen LogP contribution in [0.4, 0.5) is 0 Å². The van der Waals surface area contributed by atoms with Crippen molar-refractivity contribution in [1.29, 1.82) is 0 Å². The lowest BCUT2D eigenvalue weighted by molar-refractivity contribution is 0.109. The number of piperidine rings is 1. The third-order valence-electron chi connectivity index (χ3n) is 4.01. The van der Waals surface area contributed by atoms with Gasteiger partial charge in [-0.25, -0.2) is 0 Å². The summed E-state index contributed by atoms with van der Waals surface area (Å²) in [6, 6.07) is 2.75. The molecule has 3 rings (SSSR count). The molecule has 1 atom stereocenters. The van der Waals surface area contributed by atoms with Crippen LogP contribution in [0.2, 0.25) is 0 Å². The van der Waals surface area contributed by atoms with Gasteiger partial charge in [0.05, 0.1) is 5.69 Å². The van der Waals surface area contributed by atoms with Gasteiger partial charge in [0.25, 0.3) is 0 Å². The van der Waals surface area contributed by atoms with Crippen LogP contribution in [0.25, 0.3) is 0 Å². The molecular formula is C13H21N3O. The predicted octanol–water partition coefficient (Wildman–Crippen LogP) is 1.73. The summed E-state index contributed by atoms with van der Waals surface area (Å²) in [5.74, 6) is 0. The zero-order valence-corrected chi connectivity index (χ0v) is 10.3. The van der Waals surface area contributed by atoms with Gasteiger partial charge in [-0.05, 0) is 45.3 Å². The quantitative estimate of drug-likeness (QED) is 0.799. The molecule has 2 aliphatic rings. The van der Waals surface area contributed by atoms with E-state index in [0.29, 0.717) is 0 Å². The molecule has 0 aromatic carbocycles. The summed E-state index contributed by atoms with van der Waals surface area (Å²) < 4.78 is 4.90. The van der Waals surface area contributed by atoms with Crippen molar-refractivity contribution < 1.29 is 4.52 Å². The molecule has 3 heterocycles. The van der Waals surface area contributed by atoms with Crippen molar-refractivity contribution in [3.8, 4) is 0 Å². The standard InChI is InChI=1S/C13H21N3O/c1-2-8-16(7-1)13-4-3-6-15(11-13)10-12-5-9-17-14-12/h5,9,13H,1-4,6-8,10-11H2. The first-order chi connectivity index (χ1) is 8.42. The first-order valence-corrected chi connectivity index (χ1v) is 6.77. The van der Waals surface area contributed by atoms with Crippen LogP contribution in [0.5, 0.6) is 0 Å². The minimum absolute atomic E-state index is 0.776. The smallest absolute Gasteiger partial charge is 0.124 e. The second-order valence-corrected chi connectivity index (χ2v) is 5.27. The largest absolute Gasteiger partial charge is 0.364 e. The summed E-state index contributed by atoms with van der Waals surface area (Å²) in [6.45, 7) is 5.97. The van der Waals surface area contributed by atoms with Gasteiger partial charge in [-0.1, -0.05) is 5.16 Å². The van der Waals surface area contributed by atoms with E-state index in [4.69, 9.17) is 4.52 Å². The Hall–Kier alpha value is -0.870. The Kier molecular flexibility index (Phi) is 3.43. The molecule has 0 N–H and O–H groups in total. The fourth-order valence-electron chi connectivity index (χ4n) is 3.13. The Labute approximate surface area is 103 Å². The lowest BCUT2D eigenvalue weighted by Crippen LogP contribution is -2.46. The first-order valence-electron chi connectivity index (χ1n) is 6.77. The van der Waals surface area contributed by atoms with Gasteiger partial charge in [0.1, 0.15) is 6.26 Å². The van der Waals surface area contributed by atoms with Gasteiger partial charge in [-0.15, -0.1) is 0 Å². The fraction of sp³-hybridized carbons (Fsp3) is 0.769. The third kappa shape index (κ3) is 2.69. The molecule has 2 fully saturated rings. The Morgan fingerprint density at radius 1 is 1.24 bits per heavy atom. The number of likely N-dealkylation sites (tertiary alicyclic amines) is 2. The van der Waals surface area contributed by atoms with Crippen LogP contribution in [0, 0.1) is 0 Å². The summed E-state index contributed by atoms with van der Waals surface area (Å²) in [5.41, 5.74) is 1.06. The van der Waals surface area contributed by atoms with E-state index in [1.54, 1.807) is 6.26 Å². The van der Waals surface area contributed by atoms with Crippen molar-refractivity contribution in [3.05, 3.63) is 18.0 Å². The number of hydrogen-bond acceptors (Lipinski definition) is 4. The van der Waals surface area contributed by atoms with Crippen LogP contribution in [0.1, 0.15) is 31.4 Å². The second-order valence-electron chi connectivity index (χ2n) is 5.27. The zero-order chi connectivity index (χ0) is 11.5. The van der Waals surface area contributed by atoms with Gasteiger partial charge >= 0.3 is 0 Å². The highest BCUT2D eigenvalue weighted by Crippen LogP contribution is 2.21. The second kappa shape index (κ2) is 5.19. The molecule has 2 saturated heterocycles. The van der Waals surface area contributed by atoms with Crippen molar-refractivity contribution in [1.82, 2.24) is 15.0 Å². The van der Waals surface area contributed by atoms with Crippen molar-refractivity contribution >= 4 is 0 Å². The third-order valence-corrected chi connectivity index (χ3v) is 4.01. The molecule has 2 aliphatic heterocycles. The monoisotopic (exact) mass is 235 g/mol. The van der Waals surface area contributed by atoms with Gasteiger partial charge in [-0.3, -0.25) is 9.80 Å². The molecule has 0 spiro atoms. The Morgan fingerprint density at radius 3 is 2.88 bits per heavy atom. The highest BCUT2D eigenvalue weighted by molar-refractivity contribution is 4.96. The number of hydrogen-bond donors (Lipinski definition) is 0. The molecule has 0 bridgehead atoms. The lowest BCUT2D eigenvalue weighted by atomic mass is 10.0. The summed E-state index contributed by atoms with van der Waals surface area (Å²) in [7, 11) is 0. The molecule has 0 amide bonds. The zero-order valence-electron chi connectivity index (χ0n) is 10.3. The van der Waals surface area contributed by atoms with Crippen LogP contribution in [0.15, 0.2) is 16.9 Å². The molecule has 1 aromatic heterocycles. The Morgan fingerprint density at radius 2 is 2.12 bits per heavy atom. The fourth-order valence-corrected chi connectivity index (χ4v) is 3.13. The number of aromatic nitrogens is 1. The van der Waals surface area contributed by atoms with Gasteiger partial charge in [0, 0.05) is 25.2 Å². The molecule has 4 heteroatoms. The first kappa shape index (κ1) is 11.2. The lowest BCUT2D eigenvalue weighted by Gasteiger charge is -2.37. The minimum Gasteiger partial charge on any atom is -0.364 e. The average Bonchev–Trinajstić information content (AvgIpc) is 3.01. The molecule has 1 unspecified atom stereocenters. The highest BCUT2D eigenvalue weighted by Gasteiger charge is 2.27. The summed E-state index contributed by atoms with van der Waals surface area (Å²) >= 11 is 0. The van der Waals surface area contributed by atoms with Crippen LogP contribution in [-0.4, -0.2) is 47.2 Å². The molecular weight excluding hydrogens is 214 g/mol. The summed E-state index contributed by atoms with van der Waals surface area (Å²) in [5, 5.41) is 4.00. The molecule has 1 aromatic rings. The maximum atomic E-state index is 4.90. The Balaban J connectivity index is 1.55. The molecule has 0 radical (unpaired) electrons. The average molecular weight is 235 g/mol. The topological polar surface area (TPSA) is 32.5 Å². The van der Waals surface area contributed by atoms with Crippen LogP contribution in [-0.2, 0) is 6.54 Å². The van der Waals surface area contributed by atoms with Crippen LogP contribution < -0.4 is 0 Å². The minimum atomic E-state index is 0.776. The van der Waals surface area contributed by atoms with Crippen molar-refractivity contribution in [2.45, 2.75) is 38.3 Å². The molecule has 94 valence electrons. The van der Waals surface area contributed by atoms with Crippen LogP contribution in [0.3, 0.4) is 0 Å². The van der Waals surface area contributed by atoms with E-state index >= 15 is 0 Å². The van der Waals surface area contributed by atoms with E-state index in [1.165, 1.54) is 51.9 Å². The normalized spacial score (nSPS) is 27.6. The molecule has 17 heavy (non-hydrogen) atoms. The van der Waals surface area contributed by atoms with Gasteiger partial charge < -0.3 is 4.52 Å². The van der Waals surface area contributed by atoms with Crippen LogP contribution >= 0.6 is 0 Å². The van der Waals surface area contributed by atoms with E-state index in [9.17, 15) is 0 Å². The highest BCUT2D eigenvalue weighted by atomic mass is 16.5. The van der Waals surface area contributed by atoms with Gasteiger partial charge in [0.15, 0.2) is 0 Å². The molecule has 0 aliphatic carbocycles. The van der Waals surface area contributed by atoms with Gasteiger partial charge in [-0.2, -0.15) is 0 Å². The van der Waals surface area contributed by atoms with E-state index in [0.717, 1.165) is 18.3 Å². The Bertz CT molecular complexity index is 332. The van der Waals surface area contributed by atoms with Crippen molar-refractivity contribution in [2.24, 2.45) is 0 Å². The summed E-state index contributed by atoms with van der Waals surface area (Å²) in [4.78, 5) is 5.19. The van der Waals surface area contributed by atoms with E-state index in [1.807, 2.05) is 6.07 Å². The summed E-state index contributed by atoms with van der Waals surface area (Å²) in [6.07, 6.45) is 7.13. The SMILES string of the molecule is c1cc(CN2CCCC(N3CCCC3)C2)no1. The maximum Gasteiger partial charge on any atom is 0.124 e. The molecule has 4 nitrogen and oxygen atoms in total. The van der Waals surface area contributed by atoms with E-state index < -0.39 is 0 Å². The maximum absolute atomic E-state index is 4.90. The number of rotatable bonds is 3. The molecule has 0 saturated carbocycles. The van der Waals surface area contributed by atoms with E-state index in [-0.39, 0.29) is 0 Å². The number of nitrogens with zero attached hydrogens (tertiary/aromatic N) is 3. The predicted molar refractivity (Wildman–Crippen MR) is 65.6 cm³/mol. The van der Waals surface area contributed by atoms with Crippen molar-refractivity contribution in [2.75, 3.05) is 26.2 Å².